The predicted molar refractivity (Wildman–Crippen MR) is 118 cm³/mol. The lowest BCUT2D eigenvalue weighted by molar-refractivity contribution is -0.119. The molecule has 2 aromatic rings. The minimum atomic E-state index is -0.405. The summed E-state index contributed by atoms with van der Waals surface area (Å²) in [5, 5.41) is 5.66. The van der Waals surface area contributed by atoms with E-state index in [0.29, 0.717) is 11.3 Å². The molecule has 0 radical (unpaired) electrons. The highest BCUT2D eigenvalue weighted by Gasteiger charge is 2.14. The number of aryl methyl sites for hydroxylation is 2. The number of ether oxygens (including phenoxy) is 1. The summed E-state index contributed by atoms with van der Waals surface area (Å²) in [5.74, 6) is -0.844. The topological polar surface area (TPSA) is 87.7 Å². The van der Waals surface area contributed by atoms with Crippen molar-refractivity contribution in [1.29, 1.82) is 0 Å². The second-order valence-electron chi connectivity index (χ2n) is 7.57. The summed E-state index contributed by atoms with van der Waals surface area (Å²) in [7, 11) is 1.70. The maximum atomic E-state index is 12.3. The molecule has 0 fully saturated rings. The van der Waals surface area contributed by atoms with Crippen LogP contribution in [0.2, 0.25) is 0 Å². The van der Waals surface area contributed by atoms with Crippen LogP contribution in [0.15, 0.2) is 42.5 Å². The number of carbonyl (C=O) groups excluding carboxylic acids is 3. The first-order valence-corrected chi connectivity index (χ1v) is 9.81. The molecule has 160 valence electrons. The second kappa shape index (κ2) is 10.5. The van der Waals surface area contributed by atoms with Gasteiger partial charge in [-0.05, 0) is 70.1 Å². The second-order valence-corrected chi connectivity index (χ2v) is 7.57. The lowest BCUT2D eigenvalue weighted by atomic mass is 10.1. The number of anilines is 2. The summed E-state index contributed by atoms with van der Waals surface area (Å²) < 4.78 is 5.13. The van der Waals surface area contributed by atoms with E-state index in [2.05, 4.69) is 10.6 Å². The molecule has 0 heterocycles. The summed E-state index contributed by atoms with van der Waals surface area (Å²) in [6.45, 7) is 7.58. The van der Waals surface area contributed by atoms with Gasteiger partial charge in [-0.2, -0.15) is 0 Å². The lowest BCUT2D eigenvalue weighted by Crippen LogP contribution is -2.36. The molecule has 2 amide bonds. The van der Waals surface area contributed by atoms with Crippen LogP contribution in [0.3, 0.4) is 0 Å². The smallest absolute Gasteiger partial charge is 0.338 e. The summed E-state index contributed by atoms with van der Waals surface area (Å²) >= 11 is 0. The standard InChI is InChI=1S/C23H29N3O4/c1-15(2)30-23(29)18-9-11-19(12-10-18)24-20(27)13-26(5)14-21(28)25-22-16(3)7-6-8-17(22)4/h6-12,15H,13-14H2,1-5H3,(H,24,27)(H,25,28). The third kappa shape index (κ3) is 7.00. The van der Waals surface area contributed by atoms with Crippen molar-refractivity contribution >= 4 is 29.2 Å². The quantitative estimate of drug-likeness (QED) is 0.650. The van der Waals surface area contributed by atoms with E-state index in [1.54, 1.807) is 50.1 Å². The first-order valence-electron chi connectivity index (χ1n) is 9.81. The molecular formula is C23H29N3O4. The fourth-order valence-electron chi connectivity index (χ4n) is 2.91. The fourth-order valence-corrected chi connectivity index (χ4v) is 2.91. The number of likely N-dealkylation sites (N-methyl/N-ethyl adjacent to an activating group) is 1. The number of esters is 1. The number of carbonyl (C=O) groups is 3. The molecule has 2 aromatic carbocycles. The number of para-hydroxylation sites is 1. The minimum Gasteiger partial charge on any atom is -0.459 e. The maximum absolute atomic E-state index is 12.3. The van der Waals surface area contributed by atoms with Crippen LogP contribution in [0.5, 0.6) is 0 Å². The summed E-state index contributed by atoms with van der Waals surface area (Å²) in [4.78, 5) is 38.1. The van der Waals surface area contributed by atoms with E-state index in [4.69, 9.17) is 4.74 Å². The van der Waals surface area contributed by atoms with Gasteiger partial charge < -0.3 is 15.4 Å². The van der Waals surface area contributed by atoms with Gasteiger partial charge in [-0.3, -0.25) is 14.5 Å². The zero-order valence-electron chi connectivity index (χ0n) is 18.1. The number of amides is 2. The van der Waals surface area contributed by atoms with Gasteiger partial charge in [-0.25, -0.2) is 4.79 Å². The molecule has 0 aliphatic rings. The average Bonchev–Trinajstić information content (AvgIpc) is 2.64. The van der Waals surface area contributed by atoms with E-state index < -0.39 is 5.97 Å². The van der Waals surface area contributed by atoms with Crippen LogP contribution in [0.25, 0.3) is 0 Å². The Morgan fingerprint density at radius 2 is 1.43 bits per heavy atom. The normalized spacial score (nSPS) is 10.8. The van der Waals surface area contributed by atoms with Gasteiger partial charge in [0, 0.05) is 11.4 Å². The Morgan fingerprint density at radius 3 is 1.97 bits per heavy atom. The van der Waals surface area contributed by atoms with Crippen molar-refractivity contribution in [3.8, 4) is 0 Å². The predicted octanol–water partition coefficient (Wildman–Crippen LogP) is 3.38. The molecule has 0 aliphatic carbocycles. The van der Waals surface area contributed by atoms with Crippen LogP contribution >= 0.6 is 0 Å². The van der Waals surface area contributed by atoms with Gasteiger partial charge in [0.15, 0.2) is 0 Å². The van der Waals surface area contributed by atoms with Crippen molar-refractivity contribution in [3.05, 3.63) is 59.2 Å². The van der Waals surface area contributed by atoms with Gasteiger partial charge in [0.25, 0.3) is 0 Å². The van der Waals surface area contributed by atoms with E-state index >= 15 is 0 Å². The van der Waals surface area contributed by atoms with Gasteiger partial charge >= 0.3 is 5.97 Å². The highest BCUT2D eigenvalue weighted by molar-refractivity contribution is 5.96. The number of rotatable bonds is 8. The lowest BCUT2D eigenvalue weighted by Gasteiger charge is -2.17. The van der Waals surface area contributed by atoms with Gasteiger partial charge in [0.05, 0.1) is 24.8 Å². The van der Waals surface area contributed by atoms with Gasteiger partial charge in [0.2, 0.25) is 11.8 Å². The van der Waals surface area contributed by atoms with Crippen molar-refractivity contribution in [2.45, 2.75) is 33.8 Å². The monoisotopic (exact) mass is 411 g/mol. The van der Waals surface area contributed by atoms with Gasteiger partial charge in [-0.1, -0.05) is 18.2 Å². The van der Waals surface area contributed by atoms with Crippen LogP contribution in [-0.2, 0) is 14.3 Å². The molecule has 30 heavy (non-hydrogen) atoms. The van der Waals surface area contributed by atoms with E-state index in [1.165, 1.54) is 0 Å². The number of hydrogen-bond acceptors (Lipinski definition) is 5. The Morgan fingerprint density at radius 1 is 0.900 bits per heavy atom. The molecule has 0 aromatic heterocycles. The highest BCUT2D eigenvalue weighted by atomic mass is 16.5. The van der Waals surface area contributed by atoms with Crippen LogP contribution in [0.1, 0.15) is 35.3 Å². The molecule has 2 rings (SSSR count). The Bertz CT molecular complexity index is 887. The molecule has 0 saturated carbocycles. The molecule has 0 atom stereocenters. The fraction of sp³-hybridized carbons (Fsp3) is 0.348. The Hall–Kier alpha value is -3.19. The molecule has 0 saturated heterocycles. The van der Waals surface area contributed by atoms with Crippen molar-refractivity contribution in [1.82, 2.24) is 4.90 Å². The van der Waals surface area contributed by atoms with E-state index in [9.17, 15) is 14.4 Å². The van der Waals surface area contributed by atoms with E-state index in [-0.39, 0.29) is 31.0 Å². The Balaban J connectivity index is 1.84. The molecular weight excluding hydrogens is 382 g/mol. The van der Waals surface area contributed by atoms with Crippen molar-refractivity contribution in [2.75, 3.05) is 30.8 Å². The van der Waals surface area contributed by atoms with Crippen molar-refractivity contribution in [3.63, 3.8) is 0 Å². The number of hydrogen-bond donors (Lipinski definition) is 2. The first-order chi connectivity index (χ1) is 14.2. The molecule has 2 N–H and O–H groups in total. The van der Waals surface area contributed by atoms with Crippen molar-refractivity contribution < 1.29 is 19.1 Å². The van der Waals surface area contributed by atoms with E-state index in [0.717, 1.165) is 16.8 Å². The zero-order valence-corrected chi connectivity index (χ0v) is 18.1. The van der Waals surface area contributed by atoms with Crippen LogP contribution < -0.4 is 10.6 Å². The summed E-state index contributed by atoms with van der Waals surface area (Å²) in [6, 6.07) is 12.3. The molecule has 7 nitrogen and oxygen atoms in total. The average molecular weight is 412 g/mol. The van der Waals surface area contributed by atoms with Crippen LogP contribution in [-0.4, -0.2) is 48.9 Å². The number of benzene rings is 2. The van der Waals surface area contributed by atoms with Crippen LogP contribution in [0.4, 0.5) is 11.4 Å². The van der Waals surface area contributed by atoms with Crippen LogP contribution in [0, 0.1) is 13.8 Å². The molecule has 0 bridgehead atoms. The molecule has 0 aliphatic heterocycles. The van der Waals surface area contributed by atoms with Crippen molar-refractivity contribution in [2.24, 2.45) is 0 Å². The highest BCUT2D eigenvalue weighted by Crippen LogP contribution is 2.19. The SMILES string of the molecule is Cc1cccc(C)c1NC(=O)CN(C)CC(=O)Nc1ccc(C(=O)OC(C)C)cc1. The Kier molecular flexibility index (Phi) is 8.12. The molecule has 0 unspecified atom stereocenters. The van der Waals surface area contributed by atoms with Gasteiger partial charge in [-0.15, -0.1) is 0 Å². The van der Waals surface area contributed by atoms with E-state index in [1.807, 2.05) is 32.0 Å². The number of nitrogens with one attached hydrogen (secondary N) is 2. The largest absolute Gasteiger partial charge is 0.459 e. The molecule has 0 spiro atoms. The third-order valence-electron chi connectivity index (χ3n) is 4.32. The third-order valence-corrected chi connectivity index (χ3v) is 4.32. The first kappa shape index (κ1) is 23.1. The number of nitrogens with zero attached hydrogens (tertiary/aromatic N) is 1. The minimum absolute atomic E-state index is 0.0529. The molecule has 7 heteroatoms. The zero-order chi connectivity index (χ0) is 22.3. The summed E-state index contributed by atoms with van der Waals surface area (Å²) in [6.07, 6.45) is -0.195. The summed E-state index contributed by atoms with van der Waals surface area (Å²) in [5.41, 5.74) is 3.77. The van der Waals surface area contributed by atoms with Gasteiger partial charge in [0.1, 0.15) is 0 Å². The Labute approximate surface area is 177 Å². The maximum Gasteiger partial charge on any atom is 0.338 e.